The summed E-state index contributed by atoms with van der Waals surface area (Å²) in [5.74, 6) is -1.72. The number of carbonyl (C=O) groups is 2. The van der Waals surface area contributed by atoms with Crippen molar-refractivity contribution in [3.8, 4) is 0 Å². The number of furan rings is 1. The maximum atomic E-state index is 13.0. The summed E-state index contributed by atoms with van der Waals surface area (Å²) in [7, 11) is 0. The average molecular weight is 334 g/mol. The van der Waals surface area contributed by atoms with E-state index in [0.717, 1.165) is 0 Å². The number of anilines is 1. The molecule has 2 rings (SSSR count). The molecule has 2 amide bonds. The van der Waals surface area contributed by atoms with Gasteiger partial charge in [-0.15, -0.1) is 0 Å². The molecule has 1 aromatic heterocycles. The fraction of sp³-hybridized carbons (Fsp3) is 0.294. The fourth-order valence-electron chi connectivity index (χ4n) is 2.23. The Bertz CT molecular complexity index is 715. The molecule has 2 aromatic rings. The van der Waals surface area contributed by atoms with Gasteiger partial charge < -0.3 is 20.2 Å². The molecular formula is C17H19FN2O4. The predicted molar refractivity (Wildman–Crippen MR) is 85.7 cm³/mol. The molecule has 24 heavy (non-hydrogen) atoms. The Balaban J connectivity index is 1.87. The highest BCUT2D eigenvalue weighted by Gasteiger charge is 2.20. The second kappa shape index (κ2) is 7.74. The maximum Gasteiger partial charge on any atom is 0.313 e. The minimum absolute atomic E-state index is 0.197. The van der Waals surface area contributed by atoms with Crippen molar-refractivity contribution in [1.29, 1.82) is 0 Å². The van der Waals surface area contributed by atoms with E-state index in [4.69, 9.17) is 4.42 Å². The first kappa shape index (κ1) is 17.7. The molecule has 7 heteroatoms. The van der Waals surface area contributed by atoms with Crippen LogP contribution in [-0.2, 0) is 9.59 Å². The third-order valence-electron chi connectivity index (χ3n) is 3.47. The number of aliphatic hydroxyl groups excluding tert-OH is 1. The summed E-state index contributed by atoms with van der Waals surface area (Å²) in [6, 6.07) is 6.68. The van der Waals surface area contributed by atoms with Gasteiger partial charge in [0.05, 0.1) is 6.26 Å². The number of rotatable bonds is 5. The summed E-state index contributed by atoms with van der Waals surface area (Å²) in [4.78, 5) is 23.8. The molecule has 128 valence electrons. The lowest BCUT2D eigenvalue weighted by Gasteiger charge is -2.16. The Labute approximate surface area is 138 Å². The van der Waals surface area contributed by atoms with Crippen molar-refractivity contribution >= 4 is 17.5 Å². The van der Waals surface area contributed by atoms with Gasteiger partial charge in [0.1, 0.15) is 17.7 Å². The third kappa shape index (κ3) is 4.66. The molecule has 0 aliphatic rings. The molecule has 0 aliphatic carbocycles. The van der Waals surface area contributed by atoms with Crippen molar-refractivity contribution in [2.45, 2.75) is 32.4 Å². The number of benzene rings is 1. The highest BCUT2D eigenvalue weighted by atomic mass is 19.1. The Morgan fingerprint density at radius 3 is 2.67 bits per heavy atom. The van der Waals surface area contributed by atoms with Gasteiger partial charge in [-0.1, -0.05) is 0 Å². The predicted octanol–water partition coefficient (Wildman–Crippen LogP) is 2.29. The summed E-state index contributed by atoms with van der Waals surface area (Å²) in [6.45, 7) is 3.29. The maximum absolute atomic E-state index is 13.0. The van der Waals surface area contributed by atoms with E-state index in [0.29, 0.717) is 17.0 Å². The van der Waals surface area contributed by atoms with Crippen molar-refractivity contribution in [3.05, 3.63) is 53.7 Å². The lowest BCUT2D eigenvalue weighted by Crippen LogP contribution is -2.41. The molecule has 0 saturated carbocycles. The van der Waals surface area contributed by atoms with Crippen molar-refractivity contribution in [2.75, 3.05) is 5.32 Å². The van der Waals surface area contributed by atoms with Gasteiger partial charge in [0.15, 0.2) is 0 Å². The van der Waals surface area contributed by atoms with Crippen LogP contribution >= 0.6 is 0 Å². The number of amides is 2. The van der Waals surface area contributed by atoms with Gasteiger partial charge in [-0.2, -0.15) is 0 Å². The number of nitrogens with one attached hydrogen (secondary N) is 2. The molecule has 1 heterocycles. The van der Waals surface area contributed by atoms with E-state index in [1.165, 1.54) is 24.5 Å². The van der Waals surface area contributed by atoms with Gasteiger partial charge in [-0.05, 0) is 49.7 Å². The van der Waals surface area contributed by atoms with Crippen LogP contribution in [0.5, 0.6) is 0 Å². The zero-order chi connectivity index (χ0) is 17.7. The molecule has 0 spiro atoms. The highest BCUT2D eigenvalue weighted by molar-refractivity contribution is 6.39. The smallest absolute Gasteiger partial charge is 0.313 e. The molecule has 0 aliphatic heterocycles. The molecular weight excluding hydrogens is 315 g/mol. The van der Waals surface area contributed by atoms with E-state index in [1.807, 2.05) is 0 Å². The number of halogens is 1. The van der Waals surface area contributed by atoms with E-state index in [-0.39, 0.29) is 6.42 Å². The van der Waals surface area contributed by atoms with Gasteiger partial charge in [0.25, 0.3) is 0 Å². The summed E-state index contributed by atoms with van der Waals surface area (Å²) in [5, 5.41) is 14.9. The molecule has 0 bridgehead atoms. The van der Waals surface area contributed by atoms with Crippen LogP contribution in [0.1, 0.15) is 30.8 Å². The second-order valence-corrected chi connectivity index (χ2v) is 5.55. The number of aryl methyl sites for hydroxylation is 1. The monoisotopic (exact) mass is 334 g/mol. The fourth-order valence-corrected chi connectivity index (χ4v) is 2.23. The molecule has 2 atom stereocenters. The summed E-state index contributed by atoms with van der Waals surface area (Å²) in [5.41, 5.74) is 0.872. The summed E-state index contributed by atoms with van der Waals surface area (Å²) >= 11 is 0. The van der Waals surface area contributed by atoms with Crippen LogP contribution in [0.25, 0.3) is 0 Å². The lowest BCUT2D eigenvalue weighted by atomic mass is 10.1. The van der Waals surface area contributed by atoms with E-state index in [9.17, 15) is 19.1 Å². The minimum atomic E-state index is -0.877. The van der Waals surface area contributed by atoms with Crippen LogP contribution in [0.4, 0.5) is 10.1 Å². The van der Waals surface area contributed by atoms with E-state index in [1.54, 1.807) is 26.0 Å². The number of hydrogen-bond donors (Lipinski definition) is 3. The standard InChI is InChI=1S/C17H19FN2O4/c1-10-8-12(18)5-6-13(10)20-17(23)16(22)19-11(2)9-14(21)15-4-3-7-24-15/h3-8,11,14,21H,9H2,1-2H3,(H,19,22)(H,20,23). The zero-order valence-corrected chi connectivity index (χ0v) is 13.4. The van der Waals surface area contributed by atoms with Crippen LogP contribution in [0, 0.1) is 12.7 Å². The largest absolute Gasteiger partial charge is 0.467 e. The van der Waals surface area contributed by atoms with Crippen molar-refractivity contribution in [3.63, 3.8) is 0 Å². The third-order valence-corrected chi connectivity index (χ3v) is 3.47. The van der Waals surface area contributed by atoms with Gasteiger partial charge >= 0.3 is 11.8 Å². The number of aliphatic hydroxyl groups is 1. The minimum Gasteiger partial charge on any atom is -0.467 e. The highest BCUT2D eigenvalue weighted by Crippen LogP contribution is 2.18. The van der Waals surface area contributed by atoms with Crippen LogP contribution in [-0.4, -0.2) is 23.0 Å². The molecule has 0 radical (unpaired) electrons. The SMILES string of the molecule is Cc1cc(F)ccc1NC(=O)C(=O)NC(C)CC(O)c1ccco1. The summed E-state index contributed by atoms with van der Waals surface area (Å²) < 4.78 is 18.1. The molecule has 1 aromatic carbocycles. The van der Waals surface area contributed by atoms with E-state index in [2.05, 4.69) is 10.6 Å². The molecule has 0 fully saturated rings. The Hall–Kier alpha value is -2.67. The number of hydrogen-bond acceptors (Lipinski definition) is 4. The van der Waals surface area contributed by atoms with E-state index < -0.39 is 29.8 Å². The van der Waals surface area contributed by atoms with Gasteiger partial charge in [0.2, 0.25) is 0 Å². The van der Waals surface area contributed by atoms with Crippen LogP contribution in [0.3, 0.4) is 0 Å². The van der Waals surface area contributed by atoms with Crippen molar-refractivity contribution < 1.29 is 23.5 Å². The quantitative estimate of drug-likeness (QED) is 0.732. The first-order valence-electron chi connectivity index (χ1n) is 7.46. The molecule has 0 saturated heterocycles. The summed E-state index contributed by atoms with van der Waals surface area (Å²) in [6.07, 6.45) is 0.764. The molecule has 6 nitrogen and oxygen atoms in total. The van der Waals surface area contributed by atoms with Crippen LogP contribution in [0.2, 0.25) is 0 Å². The Morgan fingerprint density at radius 1 is 1.29 bits per heavy atom. The van der Waals surface area contributed by atoms with Gasteiger partial charge in [-0.25, -0.2) is 4.39 Å². The first-order valence-corrected chi connectivity index (χ1v) is 7.46. The van der Waals surface area contributed by atoms with Crippen molar-refractivity contribution in [1.82, 2.24) is 5.32 Å². The average Bonchev–Trinajstić information content (AvgIpc) is 3.04. The normalized spacial score (nSPS) is 13.2. The van der Waals surface area contributed by atoms with E-state index >= 15 is 0 Å². The van der Waals surface area contributed by atoms with Crippen LogP contribution < -0.4 is 10.6 Å². The topological polar surface area (TPSA) is 91.6 Å². The van der Waals surface area contributed by atoms with Crippen molar-refractivity contribution in [2.24, 2.45) is 0 Å². The second-order valence-electron chi connectivity index (χ2n) is 5.55. The molecule has 2 unspecified atom stereocenters. The first-order chi connectivity index (χ1) is 11.4. The lowest BCUT2D eigenvalue weighted by molar-refractivity contribution is -0.136. The molecule has 3 N–H and O–H groups in total. The number of carbonyl (C=O) groups excluding carboxylic acids is 2. The Morgan fingerprint density at radius 2 is 2.04 bits per heavy atom. The zero-order valence-electron chi connectivity index (χ0n) is 13.4. The van der Waals surface area contributed by atoms with Gasteiger partial charge in [0, 0.05) is 18.2 Å². The Kier molecular flexibility index (Phi) is 5.70. The van der Waals surface area contributed by atoms with Crippen LogP contribution in [0.15, 0.2) is 41.0 Å². The van der Waals surface area contributed by atoms with Gasteiger partial charge in [-0.3, -0.25) is 9.59 Å².